The van der Waals surface area contributed by atoms with Gasteiger partial charge < -0.3 is 4.74 Å². The van der Waals surface area contributed by atoms with E-state index in [0.29, 0.717) is 0 Å². The normalized spacial score (nSPS) is 32.8. The minimum absolute atomic E-state index is 0.121. The summed E-state index contributed by atoms with van der Waals surface area (Å²) in [6.07, 6.45) is 4.50. The lowest BCUT2D eigenvalue weighted by Gasteiger charge is -2.14. The maximum absolute atomic E-state index is 8.26. The SMILES string of the molecule is CC1(C=CC#N)CCOC1. The molecule has 2 heteroatoms. The molecule has 0 aliphatic carbocycles. The summed E-state index contributed by atoms with van der Waals surface area (Å²) in [6, 6.07) is 1.98. The van der Waals surface area contributed by atoms with Crippen LogP contribution in [0.4, 0.5) is 0 Å². The fourth-order valence-corrected chi connectivity index (χ4v) is 1.05. The number of hydrogen-bond donors (Lipinski definition) is 0. The third kappa shape index (κ3) is 1.58. The molecule has 0 N–H and O–H groups in total. The quantitative estimate of drug-likeness (QED) is 0.513. The van der Waals surface area contributed by atoms with Gasteiger partial charge in [0.15, 0.2) is 0 Å². The van der Waals surface area contributed by atoms with Crippen LogP contribution >= 0.6 is 0 Å². The second-order valence-corrected chi connectivity index (χ2v) is 2.92. The zero-order chi connectivity index (χ0) is 7.45. The Hall–Kier alpha value is -0.810. The molecular formula is C8H11NO. The molecule has 0 aromatic rings. The van der Waals surface area contributed by atoms with Crippen LogP contribution in [0.3, 0.4) is 0 Å². The first-order valence-corrected chi connectivity index (χ1v) is 3.42. The van der Waals surface area contributed by atoms with Gasteiger partial charge in [-0.05, 0) is 6.42 Å². The van der Waals surface area contributed by atoms with Crippen LogP contribution in [0.5, 0.6) is 0 Å². The second-order valence-electron chi connectivity index (χ2n) is 2.92. The van der Waals surface area contributed by atoms with Crippen molar-refractivity contribution in [3.8, 4) is 6.07 Å². The van der Waals surface area contributed by atoms with Crippen molar-refractivity contribution in [2.24, 2.45) is 5.41 Å². The van der Waals surface area contributed by atoms with E-state index in [9.17, 15) is 0 Å². The fourth-order valence-electron chi connectivity index (χ4n) is 1.05. The summed E-state index contributed by atoms with van der Waals surface area (Å²) in [5.74, 6) is 0. The van der Waals surface area contributed by atoms with Gasteiger partial charge in [0.25, 0.3) is 0 Å². The molecule has 54 valence electrons. The molecule has 1 atom stereocenters. The molecule has 10 heavy (non-hydrogen) atoms. The molecule has 1 unspecified atom stereocenters. The van der Waals surface area contributed by atoms with E-state index >= 15 is 0 Å². The van der Waals surface area contributed by atoms with Gasteiger partial charge in [-0.1, -0.05) is 13.0 Å². The molecule has 0 spiro atoms. The number of allylic oxidation sites excluding steroid dienone is 1. The average molecular weight is 137 g/mol. The van der Waals surface area contributed by atoms with Crippen LogP contribution in [0.15, 0.2) is 12.2 Å². The smallest absolute Gasteiger partial charge is 0.0908 e. The predicted molar refractivity (Wildman–Crippen MR) is 38.3 cm³/mol. The van der Waals surface area contributed by atoms with Crippen LogP contribution in [-0.4, -0.2) is 13.2 Å². The van der Waals surface area contributed by atoms with E-state index in [2.05, 4.69) is 6.92 Å². The highest BCUT2D eigenvalue weighted by Crippen LogP contribution is 2.28. The van der Waals surface area contributed by atoms with Crippen molar-refractivity contribution in [2.75, 3.05) is 13.2 Å². The van der Waals surface area contributed by atoms with Crippen LogP contribution in [0.25, 0.3) is 0 Å². The highest BCUT2D eigenvalue weighted by atomic mass is 16.5. The van der Waals surface area contributed by atoms with E-state index in [1.165, 1.54) is 6.08 Å². The minimum Gasteiger partial charge on any atom is -0.381 e. The summed E-state index contributed by atoms with van der Waals surface area (Å²) in [4.78, 5) is 0. The van der Waals surface area contributed by atoms with Crippen molar-refractivity contribution < 1.29 is 4.74 Å². The molecule has 0 radical (unpaired) electrons. The summed E-state index contributed by atoms with van der Waals surface area (Å²) < 4.78 is 5.20. The Bertz CT molecular complexity index is 172. The van der Waals surface area contributed by atoms with Gasteiger partial charge in [0.05, 0.1) is 12.7 Å². The van der Waals surface area contributed by atoms with Gasteiger partial charge in [0.2, 0.25) is 0 Å². The van der Waals surface area contributed by atoms with Crippen molar-refractivity contribution >= 4 is 0 Å². The van der Waals surface area contributed by atoms with E-state index in [1.54, 1.807) is 0 Å². The molecule has 2 nitrogen and oxygen atoms in total. The largest absolute Gasteiger partial charge is 0.381 e. The summed E-state index contributed by atoms with van der Waals surface area (Å²) in [5.41, 5.74) is 0.121. The van der Waals surface area contributed by atoms with Crippen molar-refractivity contribution in [1.82, 2.24) is 0 Å². The van der Waals surface area contributed by atoms with Gasteiger partial charge in [-0.3, -0.25) is 0 Å². The highest BCUT2D eigenvalue weighted by molar-refractivity contribution is 5.09. The van der Waals surface area contributed by atoms with Crippen molar-refractivity contribution in [2.45, 2.75) is 13.3 Å². The van der Waals surface area contributed by atoms with E-state index in [0.717, 1.165) is 19.6 Å². The molecule has 1 aliphatic heterocycles. The Kier molecular flexibility index (Phi) is 2.08. The van der Waals surface area contributed by atoms with Crippen LogP contribution in [0.1, 0.15) is 13.3 Å². The summed E-state index contributed by atoms with van der Waals surface area (Å²) >= 11 is 0. The van der Waals surface area contributed by atoms with E-state index < -0.39 is 0 Å². The van der Waals surface area contributed by atoms with E-state index in [1.807, 2.05) is 12.1 Å². The zero-order valence-corrected chi connectivity index (χ0v) is 6.13. The Morgan fingerprint density at radius 1 is 1.70 bits per heavy atom. The first-order valence-electron chi connectivity index (χ1n) is 3.42. The molecular weight excluding hydrogens is 126 g/mol. The van der Waals surface area contributed by atoms with Crippen molar-refractivity contribution in [3.05, 3.63) is 12.2 Å². The number of ether oxygens (including phenoxy) is 1. The Balaban J connectivity index is 2.53. The molecule has 1 saturated heterocycles. The molecule has 0 amide bonds. The highest BCUT2D eigenvalue weighted by Gasteiger charge is 2.26. The van der Waals surface area contributed by atoms with Gasteiger partial charge in [0, 0.05) is 18.1 Å². The third-order valence-electron chi connectivity index (χ3n) is 1.81. The van der Waals surface area contributed by atoms with Gasteiger partial charge in [-0.25, -0.2) is 0 Å². The monoisotopic (exact) mass is 137 g/mol. The maximum atomic E-state index is 8.26. The number of rotatable bonds is 1. The molecule has 1 heterocycles. The second kappa shape index (κ2) is 2.85. The first kappa shape index (κ1) is 7.30. The average Bonchev–Trinajstić information content (AvgIpc) is 2.33. The summed E-state index contributed by atoms with van der Waals surface area (Å²) in [6.45, 7) is 3.69. The number of hydrogen-bond acceptors (Lipinski definition) is 2. The fraction of sp³-hybridized carbons (Fsp3) is 0.625. The molecule has 1 aliphatic rings. The standard InChI is InChI=1S/C8H11NO/c1-8(3-2-5-9)4-6-10-7-8/h2-3H,4,6-7H2,1H3. The van der Waals surface area contributed by atoms with Gasteiger partial charge >= 0.3 is 0 Å². The zero-order valence-electron chi connectivity index (χ0n) is 6.13. The van der Waals surface area contributed by atoms with E-state index in [4.69, 9.17) is 10.00 Å². The van der Waals surface area contributed by atoms with Gasteiger partial charge in [0.1, 0.15) is 0 Å². The van der Waals surface area contributed by atoms with Crippen LogP contribution in [0.2, 0.25) is 0 Å². The van der Waals surface area contributed by atoms with Gasteiger partial charge in [-0.15, -0.1) is 0 Å². The molecule has 0 bridgehead atoms. The number of nitriles is 1. The number of nitrogens with zero attached hydrogens (tertiary/aromatic N) is 1. The lowest BCUT2D eigenvalue weighted by Crippen LogP contribution is -2.11. The summed E-state index contributed by atoms with van der Waals surface area (Å²) in [5, 5.41) is 8.26. The van der Waals surface area contributed by atoms with Crippen LogP contribution < -0.4 is 0 Å². The summed E-state index contributed by atoms with van der Waals surface area (Å²) in [7, 11) is 0. The molecule has 0 saturated carbocycles. The molecule has 0 aromatic heterocycles. The Morgan fingerprint density at radius 3 is 3.00 bits per heavy atom. The van der Waals surface area contributed by atoms with Crippen LogP contribution in [0, 0.1) is 16.7 Å². The lowest BCUT2D eigenvalue weighted by molar-refractivity contribution is 0.175. The van der Waals surface area contributed by atoms with Gasteiger partial charge in [-0.2, -0.15) is 5.26 Å². The van der Waals surface area contributed by atoms with Crippen molar-refractivity contribution in [3.63, 3.8) is 0 Å². The van der Waals surface area contributed by atoms with Crippen LogP contribution in [-0.2, 0) is 4.74 Å². The first-order chi connectivity index (χ1) is 4.77. The molecule has 1 fully saturated rings. The predicted octanol–water partition coefficient (Wildman–Crippen LogP) is 1.49. The maximum Gasteiger partial charge on any atom is 0.0908 e. The third-order valence-corrected chi connectivity index (χ3v) is 1.81. The molecule has 1 rings (SSSR count). The van der Waals surface area contributed by atoms with Crippen molar-refractivity contribution in [1.29, 1.82) is 5.26 Å². The Labute approximate surface area is 61.1 Å². The topological polar surface area (TPSA) is 33.0 Å². The Morgan fingerprint density at radius 2 is 2.50 bits per heavy atom. The lowest BCUT2D eigenvalue weighted by atomic mass is 9.90. The van der Waals surface area contributed by atoms with E-state index in [-0.39, 0.29) is 5.41 Å². The molecule has 0 aromatic carbocycles. The minimum atomic E-state index is 0.121.